The van der Waals surface area contributed by atoms with Gasteiger partial charge in [0.05, 0.1) is 12.1 Å². The summed E-state index contributed by atoms with van der Waals surface area (Å²) in [4.78, 5) is 18.2. The molecule has 5 nitrogen and oxygen atoms in total. The highest BCUT2D eigenvalue weighted by Crippen LogP contribution is 2.29. The average molecular weight is 512 g/mol. The minimum atomic E-state index is -4.32. The molecule has 1 saturated heterocycles. The van der Waals surface area contributed by atoms with E-state index >= 15 is 0 Å². The molecule has 158 valence electrons. The normalized spacial score (nSPS) is 15.8. The minimum Gasteiger partial charge on any atom is -0.359 e. The number of piperidine rings is 1. The van der Waals surface area contributed by atoms with Crippen molar-refractivity contribution in [2.45, 2.75) is 38.9 Å². The largest absolute Gasteiger partial charge is 0.416 e. The van der Waals surface area contributed by atoms with Gasteiger partial charge in [-0.05, 0) is 43.4 Å². The van der Waals surface area contributed by atoms with Gasteiger partial charge in [-0.2, -0.15) is 13.2 Å². The second kappa shape index (κ2) is 11.5. The minimum absolute atomic E-state index is 0. The number of nitrogens with zero attached hydrogens (tertiary/aromatic N) is 2. The number of carbonyl (C=O) groups excluding carboxylic acids is 1. The van der Waals surface area contributed by atoms with E-state index in [-0.39, 0.29) is 29.9 Å². The molecule has 0 aliphatic carbocycles. The van der Waals surface area contributed by atoms with Crippen LogP contribution in [0, 0.1) is 5.92 Å². The first-order valence-electron chi connectivity index (χ1n) is 9.23. The van der Waals surface area contributed by atoms with Gasteiger partial charge in [0, 0.05) is 33.1 Å². The van der Waals surface area contributed by atoms with E-state index in [1.165, 1.54) is 12.1 Å². The van der Waals surface area contributed by atoms with Gasteiger partial charge in [-0.1, -0.05) is 12.1 Å². The lowest BCUT2D eigenvalue weighted by Crippen LogP contribution is -2.46. The number of likely N-dealkylation sites (tertiary alicyclic amines) is 1. The Morgan fingerprint density at radius 1 is 1.21 bits per heavy atom. The Kier molecular flexibility index (Phi) is 10.0. The van der Waals surface area contributed by atoms with Crippen LogP contribution in [0.3, 0.4) is 0 Å². The number of benzene rings is 1. The Balaban J connectivity index is 0.00000392. The van der Waals surface area contributed by atoms with Crippen molar-refractivity contribution < 1.29 is 18.0 Å². The van der Waals surface area contributed by atoms with Crippen LogP contribution in [0.2, 0.25) is 0 Å². The summed E-state index contributed by atoms with van der Waals surface area (Å²) in [5, 5.41) is 5.90. The van der Waals surface area contributed by atoms with Crippen LogP contribution in [0.1, 0.15) is 37.3 Å². The van der Waals surface area contributed by atoms with Crippen LogP contribution >= 0.6 is 24.0 Å². The van der Waals surface area contributed by atoms with Crippen LogP contribution in [0.4, 0.5) is 13.2 Å². The molecule has 9 heteroatoms. The maximum absolute atomic E-state index is 12.6. The van der Waals surface area contributed by atoms with Crippen LogP contribution < -0.4 is 10.6 Å². The molecular weight excluding hydrogens is 484 g/mol. The van der Waals surface area contributed by atoms with E-state index in [4.69, 9.17) is 0 Å². The number of guanidine groups is 1. The number of aliphatic imine (C=N–C) groups is 1. The Morgan fingerprint density at radius 3 is 2.32 bits per heavy atom. The lowest BCUT2D eigenvalue weighted by atomic mass is 9.93. The number of hydrogen-bond donors (Lipinski definition) is 2. The first-order chi connectivity index (χ1) is 12.8. The maximum Gasteiger partial charge on any atom is 0.416 e. The van der Waals surface area contributed by atoms with Crippen molar-refractivity contribution in [3.63, 3.8) is 0 Å². The summed E-state index contributed by atoms with van der Waals surface area (Å²) in [5.41, 5.74) is 0.0771. The highest BCUT2D eigenvalue weighted by molar-refractivity contribution is 14.0. The molecule has 1 fully saturated rings. The Bertz CT molecular complexity index is 642. The van der Waals surface area contributed by atoms with E-state index in [2.05, 4.69) is 20.5 Å². The fraction of sp³-hybridized carbons (Fsp3) is 0.579. The standard InChI is InChI=1S/C19H27F3N4O.HI/c1-3-24-18(26-10-8-14(9-11-26)12-17(27)23-2)25-13-15-4-6-16(7-5-15)19(20,21)22;/h4-7,14H,3,8-13H2,1-2H3,(H,23,27)(H,24,25);1H. The summed E-state index contributed by atoms with van der Waals surface area (Å²) in [6.07, 6.45) is -1.95. The summed E-state index contributed by atoms with van der Waals surface area (Å²) < 4.78 is 37.9. The molecule has 28 heavy (non-hydrogen) atoms. The molecule has 0 spiro atoms. The van der Waals surface area contributed by atoms with Gasteiger partial charge in [0.1, 0.15) is 0 Å². The van der Waals surface area contributed by atoms with Crippen molar-refractivity contribution in [3.05, 3.63) is 35.4 Å². The smallest absolute Gasteiger partial charge is 0.359 e. The highest BCUT2D eigenvalue weighted by Gasteiger charge is 2.30. The van der Waals surface area contributed by atoms with Crippen LogP contribution in [0.5, 0.6) is 0 Å². The number of alkyl halides is 3. The monoisotopic (exact) mass is 512 g/mol. The summed E-state index contributed by atoms with van der Waals surface area (Å²) in [5.74, 6) is 1.20. The molecule has 1 aliphatic heterocycles. The molecule has 0 atom stereocenters. The van der Waals surface area contributed by atoms with Crippen molar-refractivity contribution in [1.29, 1.82) is 0 Å². The lowest BCUT2D eigenvalue weighted by molar-refractivity contribution is -0.137. The second-order valence-corrected chi connectivity index (χ2v) is 6.67. The molecule has 1 heterocycles. The second-order valence-electron chi connectivity index (χ2n) is 6.67. The summed E-state index contributed by atoms with van der Waals surface area (Å²) in [6, 6.07) is 5.10. The number of amides is 1. The van der Waals surface area contributed by atoms with Gasteiger partial charge in [-0.15, -0.1) is 24.0 Å². The molecule has 1 aromatic rings. The van der Waals surface area contributed by atoms with Crippen molar-refractivity contribution in [3.8, 4) is 0 Å². The fourth-order valence-corrected chi connectivity index (χ4v) is 3.10. The molecule has 1 aromatic carbocycles. The van der Waals surface area contributed by atoms with Gasteiger partial charge in [0.2, 0.25) is 5.91 Å². The molecule has 1 amide bonds. The quantitative estimate of drug-likeness (QED) is 0.360. The summed E-state index contributed by atoms with van der Waals surface area (Å²) in [7, 11) is 1.65. The Morgan fingerprint density at radius 2 is 1.82 bits per heavy atom. The first kappa shape index (κ1) is 24.5. The lowest BCUT2D eigenvalue weighted by Gasteiger charge is -2.34. The Labute approximate surface area is 181 Å². The highest BCUT2D eigenvalue weighted by atomic mass is 127. The molecule has 0 unspecified atom stereocenters. The van der Waals surface area contributed by atoms with E-state index in [0.29, 0.717) is 25.4 Å². The van der Waals surface area contributed by atoms with Crippen LogP contribution in [0.15, 0.2) is 29.3 Å². The van der Waals surface area contributed by atoms with Gasteiger partial charge >= 0.3 is 6.18 Å². The number of carbonyl (C=O) groups is 1. The molecular formula is C19H28F3IN4O. The number of rotatable bonds is 5. The van der Waals surface area contributed by atoms with Crippen LogP contribution in [0.25, 0.3) is 0 Å². The molecule has 1 aliphatic rings. The first-order valence-corrected chi connectivity index (χ1v) is 9.23. The summed E-state index contributed by atoms with van der Waals surface area (Å²) in [6.45, 7) is 4.62. The van der Waals surface area contributed by atoms with Crippen molar-refractivity contribution >= 4 is 35.8 Å². The third-order valence-corrected chi connectivity index (χ3v) is 4.69. The average Bonchev–Trinajstić information content (AvgIpc) is 2.65. The van der Waals surface area contributed by atoms with Crippen LogP contribution in [-0.4, -0.2) is 43.4 Å². The third kappa shape index (κ3) is 7.48. The van der Waals surface area contributed by atoms with E-state index in [9.17, 15) is 18.0 Å². The number of nitrogens with one attached hydrogen (secondary N) is 2. The predicted octanol–water partition coefficient (Wildman–Crippen LogP) is 3.64. The number of halogens is 4. The van der Waals surface area contributed by atoms with Crippen molar-refractivity contribution in [1.82, 2.24) is 15.5 Å². The Hall–Kier alpha value is -1.52. The molecule has 2 N–H and O–H groups in total. The van der Waals surface area contributed by atoms with Gasteiger partial charge in [-0.25, -0.2) is 4.99 Å². The zero-order valence-corrected chi connectivity index (χ0v) is 18.5. The molecule has 0 bridgehead atoms. The topological polar surface area (TPSA) is 56.7 Å². The maximum atomic E-state index is 12.6. The zero-order valence-electron chi connectivity index (χ0n) is 16.2. The van der Waals surface area contributed by atoms with Gasteiger partial charge in [-0.3, -0.25) is 4.79 Å². The SMILES string of the molecule is CCNC(=NCc1ccc(C(F)(F)F)cc1)N1CCC(CC(=O)NC)CC1.I. The zero-order chi connectivity index (χ0) is 19.9. The van der Waals surface area contributed by atoms with Crippen LogP contribution in [-0.2, 0) is 17.5 Å². The van der Waals surface area contributed by atoms with E-state index in [1.807, 2.05) is 6.92 Å². The van der Waals surface area contributed by atoms with E-state index in [0.717, 1.165) is 49.6 Å². The van der Waals surface area contributed by atoms with Crippen molar-refractivity contribution in [2.24, 2.45) is 10.9 Å². The molecule has 0 saturated carbocycles. The van der Waals surface area contributed by atoms with E-state index in [1.54, 1.807) is 7.05 Å². The van der Waals surface area contributed by atoms with Crippen molar-refractivity contribution in [2.75, 3.05) is 26.7 Å². The summed E-state index contributed by atoms with van der Waals surface area (Å²) >= 11 is 0. The third-order valence-electron chi connectivity index (χ3n) is 4.69. The molecule has 2 rings (SSSR count). The van der Waals surface area contributed by atoms with E-state index < -0.39 is 11.7 Å². The van der Waals surface area contributed by atoms with Gasteiger partial charge in [0.15, 0.2) is 5.96 Å². The predicted molar refractivity (Wildman–Crippen MR) is 115 cm³/mol. The van der Waals surface area contributed by atoms with Gasteiger partial charge < -0.3 is 15.5 Å². The van der Waals surface area contributed by atoms with Gasteiger partial charge in [0.25, 0.3) is 0 Å². The molecule has 0 radical (unpaired) electrons. The number of hydrogen-bond acceptors (Lipinski definition) is 2. The molecule has 0 aromatic heterocycles. The fourth-order valence-electron chi connectivity index (χ4n) is 3.10.